The Labute approximate surface area is 112 Å². The number of hydrogen-bond donors (Lipinski definition) is 1. The molecule has 0 radical (unpaired) electrons. The van der Waals surface area contributed by atoms with Gasteiger partial charge in [0.2, 0.25) is 0 Å². The van der Waals surface area contributed by atoms with E-state index in [0.717, 1.165) is 5.75 Å². The number of halogens is 1. The van der Waals surface area contributed by atoms with Gasteiger partial charge in [0, 0.05) is 5.75 Å². The molecular formula is C9H16ClNO2S3. The van der Waals surface area contributed by atoms with E-state index in [2.05, 4.69) is 19.2 Å². The van der Waals surface area contributed by atoms with Crippen LogP contribution in [0.25, 0.3) is 0 Å². The molecule has 0 aromatic rings. The van der Waals surface area contributed by atoms with Crippen molar-refractivity contribution < 1.29 is 8.42 Å². The van der Waals surface area contributed by atoms with Gasteiger partial charge in [-0.25, -0.2) is 8.42 Å². The van der Waals surface area contributed by atoms with Crippen LogP contribution in [0.2, 0.25) is 0 Å². The van der Waals surface area contributed by atoms with Gasteiger partial charge >= 0.3 is 0 Å². The van der Waals surface area contributed by atoms with Crippen molar-refractivity contribution in [3.63, 3.8) is 0 Å². The molecule has 1 heterocycles. The van der Waals surface area contributed by atoms with Crippen LogP contribution >= 0.6 is 35.6 Å². The predicted octanol–water partition coefficient (Wildman–Crippen LogP) is 1.65. The standard InChI is InChI=1S/C9H16ClNO2S3/c1-6(2)3-15-9(14)11-8-5-16(12,13)4-7(8)10/h6-8H,3-5H2,1-2H3,(H,11,14). The predicted molar refractivity (Wildman–Crippen MR) is 75.1 cm³/mol. The van der Waals surface area contributed by atoms with Crippen molar-refractivity contribution in [2.24, 2.45) is 5.92 Å². The van der Waals surface area contributed by atoms with Crippen LogP contribution in [0.5, 0.6) is 0 Å². The number of thioether (sulfide) groups is 1. The van der Waals surface area contributed by atoms with Crippen LogP contribution in [0, 0.1) is 5.92 Å². The average molecular weight is 302 g/mol. The molecule has 94 valence electrons. The van der Waals surface area contributed by atoms with Crippen molar-refractivity contribution in [1.29, 1.82) is 0 Å². The normalized spacial score (nSPS) is 28.2. The van der Waals surface area contributed by atoms with Crippen molar-refractivity contribution in [2.75, 3.05) is 17.3 Å². The van der Waals surface area contributed by atoms with E-state index in [-0.39, 0.29) is 22.9 Å². The Morgan fingerprint density at radius 2 is 2.19 bits per heavy atom. The summed E-state index contributed by atoms with van der Waals surface area (Å²) < 4.78 is 23.3. The number of sulfone groups is 1. The summed E-state index contributed by atoms with van der Waals surface area (Å²) in [6.45, 7) is 4.22. The lowest BCUT2D eigenvalue weighted by Gasteiger charge is -2.16. The number of thiocarbonyl (C=S) groups is 1. The first-order valence-electron chi connectivity index (χ1n) is 5.08. The number of alkyl halides is 1. The van der Waals surface area contributed by atoms with Gasteiger partial charge in [0.25, 0.3) is 0 Å². The quantitative estimate of drug-likeness (QED) is 0.634. The first-order valence-corrected chi connectivity index (χ1v) is 8.73. The maximum Gasteiger partial charge on any atom is 0.153 e. The monoisotopic (exact) mass is 301 g/mol. The highest BCUT2D eigenvalue weighted by Crippen LogP contribution is 2.19. The van der Waals surface area contributed by atoms with E-state index in [9.17, 15) is 8.42 Å². The van der Waals surface area contributed by atoms with Gasteiger partial charge in [-0.1, -0.05) is 37.8 Å². The van der Waals surface area contributed by atoms with Gasteiger partial charge in [-0.2, -0.15) is 0 Å². The number of nitrogens with one attached hydrogen (secondary N) is 1. The third-order valence-corrected chi connectivity index (χ3v) is 6.19. The highest BCUT2D eigenvalue weighted by atomic mass is 35.5. The summed E-state index contributed by atoms with van der Waals surface area (Å²) >= 11 is 12.6. The molecule has 1 saturated heterocycles. The van der Waals surface area contributed by atoms with Gasteiger partial charge < -0.3 is 5.32 Å². The van der Waals surface area contributed by atoms with Gasteiger partial charge in [-0.05, 0) is 5.92 Å². The van der Waals surface area contributed by atoms with Gasteiger partial charge in [0.1, 0.15) is 4.32 Å². The Morgan fingerprint density at radius 3 is 2.62 bits per heavy atom. The highest BCUT2D eigenvalue weighted by Gasteiger charge is 2.36. The zero-order valence-corrected chi connectivity index (χ0v) is 12.5. The second kappa shape index (κ2) is 5.89. The second-order valence-electron chi connectivity index (χ2n) is 4.34. The minimum Gasteiger partial charge on any atom is -0.366 e. The molecule has 0 saturated carbocycles. The first-order chi connectivity index (χ1) is 7.30. The van der Waals surface area contributed by atoms with E-state index in [4.69, 9.17) is 23.8 Å². The Kier molecular flexibility index (Phi) is 5.35. The molecule has 2 atom stereocenters. The molecule has 0 aliphatic carbocycles. The summed E-state index contributed by atoms with van der Waals surface area (Å²) in [7, 11) is -2.98. The Morgan fingerprint density at radius 1 is 1.56 bits per heavy atom. The van der Waals surface area contributed by atoms with Crippen LogP contribution in [-0.2, 0) is 9.84 Å². The van der Waals surface area contributed by atoms with E-state index in [0.29, 0.717) is 10.2 Å². The van der Waals surface area contributed by atoms with Gasteiger partial charge in [-0.15, -0.1) is 11.6 Å². The molecule has 2 unspecified atom stereocenters. The topological polar surface area (TPSA) is 46.2 Å². The maximum absolute atomic E-state index is 11.3. The summed E-state index contributed by atoms with van der Waals surface area (Å²) in [6, 6.07) is -0.237. The smallest absolute Gasteiger partial charge is 0.153 e. The summed E-state index contributed by atoms with van der Waals surface area (Å²) in [4.78, 5) is 0. The summed E-state index contributed by atoms with van der Waals surface area (Å²) in [5.41, 5.74) is 0. The molecular weight excluding hydrogens is 286 g/mol. The van der Waals surface area contributed by atoms with E-state index < -0.39 is 9.84 Å². The van der Waals surface area contributed by atoms with Gasteiger partial charge in [-0.3, -0.25) is 0 Å². The fraction of sp³-hybridized carbons (Fsp3) is 0.889. The molecule has 1 aliphatic rings. The fourth-order valence-corrected chi connectivity index (χ4v) is 5.00. The van der Waals surface area contributed by atoms with Crippen molar-refractivity contribution in [1.82, 2.24) is 5.32 Å². The minimum atomic E-state index is -2.98. The van der Waals surface area contributed by atoms with Crippen LogP contribution in [0.1, 0.15) is 13.8 Å². The van der Waals surface area contributed by atoms with E-state index in [1.54, 1.807) is 11.8 Å². The van der Waals surface area contributed by atoms with Crippen LogP contribution in [0.3, 0.4) is 0 Å². The van der Waals surface area contributed by atoms with Crippen LogP contribution in [-0.4, -0.2) is 41.4 Å². The van der Waals surface area contributed by atoms with Crippen molar-refractivity contribution in [3.05, 3.63) is 0 Å². The zero-order chi connectivity index (χ0) is 12.3. The Balaban J connectivity index is 2.40. The average Bonchev–Trinajstić information content (AvgIpc) is 2.36. The van der Waals surface area contributed by atoms with E-state index in [1.807, 2.05) is 0 Å². The lowest BCUT2D eigenvalue weighted by molar-refractivity contribution is 0.600. The second-order valence-corrected chi connectivity index (χ2v) is 8.75. The van der Waals surface area contributed by atoms with Crippen molar-refractivity contribution >= 4 is 49.7 Å². The molecule has 16 heavy (non-hydrogen) atoms. The van der Waals surface area contributed by atoms with Crippen LogP contribution < -0.4 is 5.32 Å². The molecule has 0 aromatic carbocycles. The summed E-state index contributed by atoms with van der Waals surface area (Å²) in [5.74, 6) is 1.62. The first kappa shape index (κ1) is 14.5. The molecule has 0 bridgehead atoms. The van der Waals surface area contributed by atoms with Crippen molar-refractivity contribution in [3.8, 4) is 0 Å². The largest absolute Gasteiger partial charge is 0.366 e. The molecule has 0 aromatic heterocycles. The molecule has 0 spiro atoms. The highest BCUT2D eigenvalue weighted by molar-refractivity contribution is 8.22. The van der Waals surface area contributed by atoms with Gasteiger partial charge in [0.15, 0.2) is 9.84 Å². The Bertz CT molecular complexity index is 356. The molecule has 1 aliphatic heterocycles. The number of hydrogen-bond acceptors (Lipinski definition) is 4. The van der Waals surface area contributed by atoms with E-state index >= 15 is 0 Å². The molecule has 1 rings (SSSR count). The molecule has 1 N–H and O–H groups in total. The Hall–Kier alpha value is 0.480. The summed E-state index contributed by atoms with van der Waals surface area (Å²) in [5, 5.41) is 2.65. The van der Waals surface area contributed by atoms with Gasteiger partial charge in [0.05, 0.1) is 22.9 Å². The molecule has 1 fully saturated rings. The van der Waals surface area contributed by atoms with E-state index in [1.165, 1.54) is 0 Å². The SMILES string of the molecule is CC(C)CSC(=S)NC1CS(=O)(=O)CC1Cl. The zero-order valence-electron chi connectivity index (χ0n) is 9.27. The number of rotatable bonds is 3. The van der Waals surface area contributed by atoms with Crippen LogP contribution in [0.4, 0.5) is 0 Å². The molecule has 3 nitrogen and oxygen atoms in total. The third-order valence-electron chi connectivity index (χ3n) is 2.13. The fourth-order valence-electron chi connectivity index (χ4n) is 1.37. The lowest BCUT2D eigenvalue weighted by atomic mass is 10.3. The van der Waals surface area contributed by atoms with Crippen LogP contribution in [0.15, 0.2) is 0 Å². The minimum absolute atomic E-state index is 0.0453. The summed E-state index contributed by atoms with van der Waals surface area (Å²) in [6.07, 6.45) is 0. The third kappa shape index (κ3) is 4.77. The molecule has 0 amide bonds. The maximum atomic E-state index is 11.3. The lowest BCUT2D eigenvalue weighted by Crippen LogP contribution is -2.38. The molecule has 7 heteroatoms. The van der Waals surface area contributed by atoms with Crippen molar-refractivity contribution in [2.45, 2.75) is 25.3 Å².